The van der Waals surface area contributed by atoms with Crippen molar-refractivity contribution in [1.82, 2.24) is 10.2 Å². The third kappa shape index (κ3) is 3.54. The molecule has 0 aliphatic carbocycles. The molecule has 2 atom stereocenters. The van der Waals surface area contributed by atoms with E-state index < -0.39 is 12.1 Å². The molecule has 1 aromatic heterocycles. The molecular weight excluding hydrogens is 352 g/mol. The molecule has 0 saturated heterocycles. The van der Waals surface area contributed by atoms with Crippen LogP contribution in [0.3, 0.4) is 0 Å². The van der Waals surface area contributed by atoms with Crippen molar-refractivity contribution >= 4 is 23.0 Å². The van der Waals surface area contributed by atoms with Crippen LogP contribution in [0.25, 0.3) is 16.3 Å². The van der Waals surface area contributed by atoms with Gasteiger partial charge in [0, 0.05) is 11.3 Å². The number of nitrogens with one attached hydrogen (secondary N) is 1. The van der Waals surface area contributed by atoms with Gasteiger partial charge in [-0.3, -0.25) is 0 Å². The molecule has 1 heterocycles. The van der Waals surface area contributed by atoms with Crippen molar-refractivity contribution in [2.45, 2.75) is 26.0 Å². The van der Waals surface area contributed by atoms with E-state index in [0.29, 0.717) is 27.9 Å². The molecule has 0 unspecified atom stereocenters. The maximum atomic E-state index is 10.2. The van der Waals surface area contributed by atoms with Gasteiger partial charge in [-0.1, -0.05) is 35.9 Å². The second-order valence-electron chi connectivity index (χ2n) is 5.86. The minimum atomic E-state index is -0.794. The van der Waals surface area contributed by atoms with Crippen LogP contribution in [0.4, 0.5) is 11.4 Å². The molecule has 3 rings (SSSR count). The Morgan fingerprint density at radius 3 is 2.58 bits per heavy atom. The van der Waals surface area contributed by atoms with E-state index in [1.807, 2.05) is 37.3 Å². The SMILES string of the molecule is [C-]#[N+]c1ccc(N[C@@H](c2nnc(-c3ccccc3)o2)[C@H](C)O)c(C)c1Cl. The lowest BCUT2D eigenvalue weighted by Crippen LogP contribution is -2.23. The molecule has 3 aromatic rings. The minimum Gasteiger partial charge on any atom is -0.418 e. The number of aliphatic hydroxyl groups excluding tert-OH is 1. The van der Waals surface area contributed by atoms with Crippen molar-refractivity contribution in [2.24, 2.45) is 0 Å². The van der Waals surface area contributed by atoms with E-state index in [1.165, 1.54) is 0 Å². The van der Waals surface area contributed by atoms with Crippen LogP contribution >= 0.6 is 11.6 Å². The number of hydrogen-bond acceptors (Lipinski definition) is 5. The lowest BCUT2D eigenvalue weighted by Gasteiger charge is -2.21. The molecule has 0 bridgehead atoms. The summed E-state index contributed by atoms with van der Waals surface area (Å²) in [5, 5.41) is 21.9. The van der Waals surface area contributed by atoms with Crippen molar-refractivity contribution in [1.29, 1.82) is 0 Å². The first kappa shape index (κ1) is 17.9. The minimum absolute atomic E-state index is 0.267. The van der Waals surface area contributed by atoms with Gasteiger partial charge in [0.1, 0.15) is 6.04 Å². The molecule has 2 N–H and O–H groups in total. The third-order valence-corrected chi connectivity index (χ3v) is 4.48. The van der Waals surface area contributed by atoms with E-state index in [4.69, 9.17) is 22.6 Å². The zero-order valence-corrected chi connectivity index (χ0v) is 15.0. The quantitative estimate of drug-likeness (QED) is 0.633. The molecule has 0 fully saturated rings. The topological polar surface area (TPSA) is 75.5 Å². The third-order valence-electron chi connectivity index (χ3n) is 4.01. The fourth-order valence-electron chi connectivity index (χ4n) is 2.53. The standard InChI is InChI=1S/C19H17ClN4O2/c1-11-14(9-10-15(21-3)16(11)20)22-17(12(2)25)19-24-23-18(26-19)13-7-5-4-6-8-13/h4-10,12,17,22,25H,1-2H3/t12-,17+/m0/s1. The molecule has 0 amide bonds. The number of nitrogens with zero attached hydrogens (tertiary/aromatic N) is 3. The van der Waals surface area contributed by atoms with Crippen LogP contribution in [-0.4, -0.2) is 21.4 Å². The Morgan fingerprint density at radius 1 is 1.19 bits per heavy atom. The smallest absolute Gasteiger partial charge is 0.247 e. The zero-order chi connectivity index (χ0) is 18.7. The summed E-state index contributed by atoms with van der Waals surface area (Å²) < 4.78 is 5.75. The van der Waals surface area contributed by atoms with E-state index in [-0.39, 0.29) is 5.89 Å². The number of benzene rings is 2. The number of hydrogen-bond donors (Lipinski definition) is 2. The predicted molar refractivity (Wildman–Crippen MR) is 100 cm³/mol. The highest BCUT2D eigenvalue weighted by molar-refractivity contribution is 6.34. The van der Waals surface area contributed by atoms with E-state index in [2.05, 4.69) is 20.4 Å². The second kappa shape index (κ2) is 7.56. The van der Waals surface area contributed by atoms with E-state index >= 15 is 0 Å². The maximum Gasteiger partial charge on any atom is 0.247 e. The van der Waals surface area contributed by atoms with Crippen molar-refractivity contribution in [3.8, 4) is 11.5 Å². The van der Waals surface area contributed by atoms with Gasteiger partial charge in [-0.25, -0.2) is 4.85 Å². The van der Waals surface area contributed by atoms with E-state index in [9.17, 15) is 5.11 Å². The summed E-state index contributed by atoms with van der Waals surface area (Å²) >= 11 is 6.22. The molecule has 26 heavy (non-hydrogen) atoms. The summed E-state index contributed by atoms with van der Waals surface area (Å²) in [4.78, 5) is 3.38. The number of halogens is 1. The predicted octanol–water partition coefficient (Wildman–Crippen LogP) is 4.78. The average Bonchev–Trinajstić information content (AvgIpc) is 3.13. The van der Waals surface area contributed by atoms with Gasteiger partial charge in [0.05, 0.1) is 17.7 Å². The van der Waals surface area contributed by atoms with Gasteiger partial charge in [0.15, 0.2) is 0 Å². The Balaban J connectivity index is 1.91. The monoisotopic (exact) mass is 368 g/mol. The van der Waals surface area contributed by atoms with E-state index in [0.717, 1.165) is 5.56 Å². The Labute approximate surface area is 156 Å². The zero-order valence-electron chi connectivity index (χ0n) is 14.3. The lowest BCUT2D eigenvalue weighted by atomic mass is 10.1. The van der Waals surface area contributed by atoms with Gasteiger partial charge in [-0.05, 0) is 37.6 Å². The maximum absolute atomic E-state index is 10.2. The van der Waals surface area contributed by atoms with Crippen LogP contribution in [0.1, 0.15) is 24.4 Å². The lowest BCUT2D eigenvalue weighted by molar-refractivity contribution is 0.159. The van der Waals surface area contributed by atoms with Crippen LogP contribution in [0.15, 0.2) is 46.9 Å². The molecule has 0 spiro atoms. The van der Waals surface area contributed by atoms with Crippen molar-refractivity contribution in [2.75, 3.05) is 5.32 Å². The first-order valence-corrected chi connectivity index (χ1v) is 8.39. The van der Waals surface area contributed by atoms with Gasteiger partial charge in [-0.15, -0.1) is 10.2 Å². The molecule has 7 heteroatoms. The van der Waals surface area contributed by atoms with Gasteiger partial charge < -0.3 is 14.8 Å². The molecule has 0 saturated carbocycles. The Morgan fingerprint density at radius 2 is 1.92 bits per heavy atom. The van der Waals surface area contributed by atoms with Gasteiger partial charge in [-0.2, -0.15) is 0 Å². The van der Waals surface area contributed by atoms with Crippen LogP contribution in [0.5, 0.6) is 0 Å². The summed E-state index contributed by atoms with van der Waals surface area (Å²) in [6.07, 6.45) is -0.794. The average molecular weight is 369 g/mol. The highest BCUT2D eigenvalue weighted by atomic mass is 35.5. The first-order valence-electron chi connectivity index (χ1n) is 8.01. The number of anilines is 1. The molecular formula is C19H17ClN4O2. The summed E-state index contributed by atoms with van der Waals surface area (Å²) in [5.41, 5.74) is 2.59. The molecule has 0 aliphatic rings. The molecule has 132 valence electrons. The summed E-state index contributed by atoms with van der Waals surface area (Å²) in [6.45, 7) is 10.6. The highest BCUT2D eigenvalue weighted by Gasteiger charge is 2.25. The summed E-state index contributed by atoms with van der Waals surface area (Å²) in [7, 11) is 0. The van der Waals surface area contributed by atoms with Crippen molar-refractivity contribution < 1.29 is 9.52 Å². The fourth-order valence-corrected chi connectivity index (χ4v) is 2.73. The van der Waals surface area contributed by atoms with Crippen LogP contribution in [0.2, 0.25) is 5.02 Å². The molecule has 2 aromatic carbocycles. The molecule has 6 nitrogen and oxygen atoms in total. The number of aromatic nitrogens is 2. The Kier molecular flexibility index (Phi) is 5.21. The van der Waals surface area contributed by atoms with Gasteiger partial charge >= 0.3 is 0 Å². The highest BCUT2D eigenvalue weighted by Crippen LogP contribution is 2.35. The normalized spacial score (nSPS) is 13.0. The van der Waals surface area contributed by atoms with Gasteiger partial charge in [0.2, 0.25) is 17.5 Å². The Bertz CT molecular complexity index is 948. The second-order valence-corrected chi connectivity index (χ2v) is 6.24. The number of aliphatic hydroxyl groups is 1. The van der Waals surface area contributed by atoms with Gasteiger partial charge in [0.25, 0.3) is 0 Å². The summed E-state index contributed by atoms with van der Waals surface area (Å²) in [6, 6.07) is 12.2. The van der Waals surface area contributed by atoms with Crippen molar-refractivity contribution in [3.05, 3.63) is 70.4 Å². The molecule has 0 radical (unpaired) electrons. The summed E-state index contributed by atoms with van der Waals surface area (Å²) in [5.74, 6) is 0.648. The fraction of sp³-hybridized carbons (Fsp3) is 0.211. The van der Waals surface area contributed by atoms with Crippen LogP contribution in [-0.2, 0) is 0 Å². The van der Waals surface area contributed by atoms with Crippen LogP contribution < -0.4 is 5.32 Å². The molecule has 0 aliphatic heterocycles. The van der Waals surface area contributed by atoms with Crippen molar-refractivity contribution in [3.63, 3.8) is 0 Å². The first-order chi connectivity index (χ1) is 12.5. The Hall–Kier alpha value is -2.88. The largest absolute Gasteiger partial charge is 0.418 e. The van der Waals surface area contributed by atoms with Crippen LogP contribution in [0, 0.1) is 13.5 Å². The number of rotatable bonds is 5. The van der Waals surface area contributed by atoms with E-state index in [1.54, 1.807) is 19.1 Å².